The Kier molecular flexibility index (Phi) is 1.84. The molecule has 0 aromatic heterocycles. The van der Waals surface area contributed by atoms with Crippen LogP contribution in [0.15, 0.2) is 0 Å². The molecule has 0 amide bonds. The van der Waals surface area contributed by atoms with E-state index in [4.69, 9.17) is 5.26 Å². The lowest BCUT2D eigenvalue weighted by molar-refractivity contribution is -0.248. The summed E-state index contributed by atoms with van der Waals surface area (Å²) in [5, 5.41) is 8.17. The zero-order valence-corrected chi connectivity index (χ0v) is 4.46. The minimum atomic E-state index is 0.306. The summed E-state index contributed by atoms with van der Waals surface area (Å²) in [7, 11) is 0. The summed E-state index contributed by atoms with van der Waals surface area (Å²) in [6, 6.07) is 2.05. The van der Waals surface area contributed by atoms with Crippen LogP contribution in [0.2, 0.25) is 0 Å². The van der Waals surface area contributed by atoms with Crippen LogP contribution in [0.25, 0.3) is 0 Å². The zero-order valence-electron chi connectivity index (χ0n) is 4.46. The molecule has 0 aliphatic carbocycles. The van der Waals surface area contributed by atoms with E-state index in [0.29, 0.717) is 25.6 Å². The summed E-state index contributed by atoms with van der Waals surface area (Å²) < 4.78 is 0. The third-order valence-electron chi connectivity index (χ3n) is 1.07. The first-order chi connectivity index (χ1) is 3.93. The summed E-state index contributed by atoms with van der Waals surface area (Å²) in [5.74, 6) is 0.306. The summed E-state index contributed by atoms with van der Waals surface area (Å²) in [5.41, 5.74) is 0. The lowest BCUT2D eigenvalue weighted by Crippen LogP contribution is -2.00. The van der Waals surface area contributed by atoms with Gasteiger partial charge in [0.1, 0.15) is 0 Å². The van der Waals surface area contributed by atoms with Crippen LogP contribution in [0.1, 0.15) is 6.42 Å². The highest BCUT2D eigenvalue weighted by molar-refractivity contribution is 4.75. The molecule has 0 unspecified atom stereocenters. The monoisotopic (exact) mass is 113 g/mol. The van der Waals surface area contributed by atoms with Crippen molar-refractivity contribution in [2.24, 2.45) is 5.92 Å². The molecule has 0 radical (unpaired) electrons. The molecule has 1 heterocycles. The molecule has 8 heavy (non-hydrogen) atoms. The van der Waals surface area contributed by atoms with Gasteiger partial charge in [-0.25, -0.2) is 9.78 Å². The minimum absolute atomic E-state index is 0.306. The molecular weight excluding hydrogens is 106 g/mol. The van der Waals surface area contributed by atoms with Crippen molar-refractivity contribution >= 4 is 0 Å². The normalized spacial score (nSPS) is 20.9. The highest BCUT2D eigenvalue weighted by Crippen LogP contribution is 2.10. The minimum Gasteiger partial charge on any atom is -0.236 e. The van der Waals surface area contributed by atoms with Crippen molar-refractivity contribution in [2.45, 2.75) is 6.42 Å². The maximum absolute atomic E-state index is 8.17. The van der Waals surface area contributed by atoms with Crippen LogP contribution in [0.3, 0.4) is 0 Å². The van der Waals surface area contributed by atoms with Gasteiger partial charge in [-0.15, -0.1) is 0 Å². The molecule has 1 aliphatic heterocycles. The largest absolute Gasteiger partial charge is 0.236 e. The number of hydrogen-bond donors (Lipinski definition) is 0. The number of rotatable bonds is 1. The second-order valence-electron chi connectivity index (χ2n) is 1.80. The lowest BCUT2D eigenvalue weighted by Gasteiger charge is -1.92. The highest BCUT2D eigenvalue weighted by Gasteiger charge is 2.15. The third-order valence-corrected chi connectivity index (χ3v) is 1.07. The van der Waals surface area contributed by atoms with E-state index < -0.39 is 0 Å². The fraction of sp³-hybridized carbons (Fsp3) is 0.800. The van der Waals surface area contributed by atoms with Gasteiger partial charge in [0.05, 0.1) is 19.3 Å². The Morgan fingerprint density at radius 3 is 2.62 bits per heavy atom. The molecule has 3 heteroatoms. The quantitative estimate of drug-likeness (QED) is 0.464. The Hall–Kier alpha value is -0.590. The molecule has 0 bridgehead atoms. The van der Waals surface area contributed by atoms with E-state index in [9.17, 15) is 0 Å². The van der Waals surface area contributed by atoms with Crippen molar-refractivity contribution in [1.82, 2.24) is 0 Å². The van der Waals surface area contributed by atoms with Crippen molar-refractivity contribution in [2.75, 3.05) is 13.2 Å². The van der Waals surface area contributed by atoms with Gasteiger partial charge in [0.15, 0.2) is 0 Å². The van der Waals surface area contributed by atoms with E-state index in [1.165, 1.54) is 0 Å². The van der Waals surface area contributed by atoms with Gasteiger partial charge in [0.2, 0.25) is 0 Å². The van der Waals surface area contributed by atoms with E-state index in [-0.39, 0.29) is 0 Å². The molecule has 0 atom stereocenters. The van der Waals surface area contributed by atoms with E-state index in [1.54, 1.807) is 0 Å². The standard InChI is InChI=1S/C5H7NO2/c6-2-1-5-3-7-8-4-5/h5H,1,3-4H2. The first-order valence-corrected chi connectivity index (χ1v) is 2.55. The molecule has 1 fully saturated rings. The van der Waals surface area contributed by atoms with Gasteiger partial charge in [0, 0.05) is 12.3 Å². The van der Waals surface area contributed by atoms with Crippen molar-refractivity contribution in [3.8, 4) is 6.07 Å². The van der Waals surface area contributed by atoms with Crippen molar-refractivity contribution < 1.29 is 9.78 Å². The van der Waals surface area contributed by atoms with E-state index in [0.717, 1.165) is 0 Å². The molecule has 0 aromatic rings. The van der Waals surface area contributed by atoms with Crippen LogP contribution >= 0.6 is 0 Å². The molecule has 0 saturated carbocycles. The van der Waals surface area contributed by atoms with Crippen molar-refractivity contribution in [3.63, 3.8) is 0 Å². The first-order valence-electron chi connectivity index (χ1n) is 2.55. The molecule has 1 aliphatic rings. The highest BCUT2D eigenvalue weighted by atomic mass is 17.2. The summed E-state index contributed by atoms with van der Waals surface area (Å²) in [4.78, 5) is 9.12. The van der Waals surface area contributed by atoms with Crippen LogP contribution in [0.4, 0.5) is 0 Å². The SMILES string of the molecule is N#CCC1COOC1. The van der Waals surface area contributed by atoms with Crippen LogP contribution in [-0.4, -0.2) is 13.2 Å². The van der Waals surface area contributed by atoms with Gasteiger partial charge in [-0.3, -0.25) is 0 Å². The van der Waals surface area contributed by atoms with Gasteiger partial charge < -0.3 is 0 Å². The number of hydrogen-bond acceptors (Lipinski definition) is 3. The smallest absolute Gasteiger partial charge is 0.0883 e. The second-order valence-corrected chi connectivity index (χ2v) is 1.80. The Morgan fingerprint density at radius 1 is 1.50 bits per heavy atom. The topological polar surface area (TPSA) is 42.2 Å². The predicted octanol–water partition coefficient (Wildman–Crippen LogP) is 0.478. The molecule has 0 N–H and O–H groups in total. The lowest BCUT2D eigenvalue weighted by atomic mass is 10.1. The fourth-order valence-electron chi connectivity index (χ4n) is 0.584. The fourth-order valence-corrected chi connectivity index (χ4v) is 0.584. The molecule has 1 saturated heterocycles. The van der Waals surface area contributed by atoms with Gasteiger partial charge in [-0.1, -0.05) is 0 Å². The summed E-state index contributed by atoms with van der Waals surface area (Å²) >= 11 is 0. The van der Waals surface area contributed by atoms with Gasteiger partial charge in [-0.05, 0) is 0 Å². The number of nitriles is 1. The average molecular weight is 113 g/mol. The molecule has 1 rings (SSSR count). The summed E-state index contributed by atoms with van der Waals surface area (Å²) in [6.07, 6.45) is 0.542. The Morgan fingerprint density at radius 2 is 2.12 bits per heavy atom. The first kappa shape index (κ1) is 5.54. The third kappa shape index (κ3) is 1.19. The Bertz CT molecular complexity index is 101. The van der Waals surface area contributed by atoms with Crippen LogP contribution in [0, 0.1) is 17.2 Å². The van der Waals surface area contributed by atoms with Crippen LogP contribution in [-0.2, 0) is 9.78 Å². The molecule has 0 aromatic carbocycles. The molecule has 0 spiro atoms. The Labute approximate surface area is 47.7 Å². The molecule has 3 nitrogen and oxygen atoms in total. The van der Waals surface area contributed by atoms with E-state index in [2.05, 4.69) is 9.78 Å². The van der Waals surface area contributed by atoms with Crippen LogP contribution in [0.5, 0.6) is 0 Å². The number of nitrogens with zero attached hydrogens (tertiary/aromatic N) is 1. The maximum atomic E-state index is 8.17. The second kappa shape index (κ2) is 2.65. The van der Waals surface area contributed by atoms with E-state index in [1.807, 2.05) is 6.07 Å². The molecule has 44 valence electrons. The predicted molar refractivity (Wildman–Crippen MR) is 25.6 cm³/mol. The van der Waals surface area contributed by atoms with E-state index >= 15 is 0 Å². The summed E-state index contributed by atoms with van der Waals surface area (Å²) in [6.45, 7) is 1.15. The molecular formula is C5H7NO2. The maximum Gasteiger partial charge on any atom is 0.0883 e. The van der Waals surface area contributed by atoms with Crippen molar-refractivity contribution in [3.05, 3.63) is 0 Å². The van der Waals surface area contributed by atoms with Gasteiger partial charge >= 0.3 is 0 Å². The van der Waals surface area contributed by atoms with Crippen molar-refractivity contribution in [1.29, 1.82) is 5.26 Å². The van der Waals surface area contributed by atoms with Gasteiger partial charge in [0.25, 0.3) is 0 Å². The van der Waals surface area contributed by atoms with Gasteiger partial charge in [-0.2, -0.15) is 5.26 Å². The zero-order chi connectivity index (χ0) is 5.82. The average Bonchev–Trinajstić information content (AvgIpc) is 2.19. The van der Waals surface area contributed by atoms with Crippen LogP contribution < -0.4 is 0 Å². The Balaban J connectivity index is 2.17.